The maximum atomic E-state index is 12.4. The summed E-state index contributed by atoms with van der Waals surface area (Å²) in [7, 11) is 0. The summed E-state index contributed by atoms with van der Waals surface area (Å²) < 4.78 is 0. The maximum Gasteiger partial charge on any atom is 0.222 e. The van der Waals surface area contributed by atoms with Gasteiger partial charge in [-0.3, -0.25) is 4.79 Å². The van der Waals surface area contributed by atoms with Crippen molar-refractivity contribution in [2.24, 2.45) is 0 Å². The van der Waals surface area contributed by atoms with Gasteiger partial charge in [-0.15, -0.1) is 0 Å². The van der Waals surface area contributed by atoms with E-state index >= 15 is 0 Å². The Morgan fingerprint density at radius 1 is 0.778 bits per heavy atom. The van der Waals surface area contributed by atoms with Crippen LogP contribution >= 0.6 is 0 Å². The van der Waals surface area contributed by atoms with E-state index in [4.69, 9.17) is 0 Å². The number of fused-ring (bicyclic) bond motifs is 1. The number of rotatable bonds is 14. The van der Waals surface area contributed by atoms with Gasteiger partial charge >= 0.3 is 0 Å². The summed E-state index contributed by atoms with van der Waals surface area (Å²) in [5.74, 6) is 0.354. The standard InChI is InChI=1S/C25H41NO/c1-2-3-4-5-6-7-8-9-10-11-12-13-14-19-25(27)26-21-20-23-17-15-16-18-24(23)22-26/h15-18H,2-14,19-22H2,1H3. The largest absolute Gasteiger partial charge is 0.338 e. The van der Waals surface area contributed by atoms with E-state index in [1.54, 1.807) is 0 Å². The third-order valence-corrected chi connectivity index (χ3v) is 5.98. The lowest BCUT2D eigenvalue weighted by atomic mass is 9.99. The molecule has 0 unspecified atom stereocenters. The van der Waals surface area contributed by atoms with Crippen LogP contribution in [0.4, 0.5) is 0 Å². The van der Waals surface area contributed by atoms with Crippen molar-refractivity contribution < 1.29 is 4.79 Å². The summed E-state index contributed by atoms with van der Waals surface area (Å²) in [6, 6.07) is 8.55. The molecule has 0 radical (unpaired) electrons. The van der Waals surface area contributed by atoms with Gasteiger partial charge in [-0.25, -0.2) is 0 Å². The smallest absolute Gasteiger partial charge is 0.222 e. The van der Waals surface area contributed by atoms with Crippen molar-refractivity contribution in [3.63, 3.8) is 0 Å². The number of carbonyl (C=O) groups is 1. The van der Waals surface area contributed by atoms with Crippen LogP contribution in [0.5, 0.6) is 0 Å². The molecule has 0 bridgehead atoms. The molecule has 0 saturated carbocycles. The molecular weight excluding hydrogens is 330 g/mol. The molecule has 152 valence electrons. The Morgan fingerprint density at radius 2 is 1.30 bits per heavy atom. The number of hydrogen-bond acceptors (Lipinski definition) is 1. The Morgan fingerprint density at radius 3 is 1.89 bits per heavy atom. The van der Waals surface area contributed by atoms with E-state index in [9.17, 15) is 4.79 Å². The van der Waals surface area contributed by atoms with E-state index in [1.165, 1.54) is 88.2 Å². The van der Waals surface area contributed by atoms with Gasteiger partial charge in [0.15, 0.2) is 0 Å². The second-order valence-corrected chi connectivity index (χ2v) is 8.33. The minimum Gasteiger partial charge on any atom is -0.338 e. The molecular formula is C25H41NO. The summed E-state index contributed by atoms with van der Waals surface area (Å²) in [5, 5.41) is 0. The highest BCUT2D eigenvalue weighted by atomic mass is 16.2. The maximum absolute atomic E-state index is 12.4. The summed E-state index contributed by atoms with van der Waals surface area (Å²) in [6.07, 6.45) is 19.4. The normalized spacial score (nSPS) is 13.6. The molecule has 0 spiro atoms. The van der Waals surface area contributed by atoms with Crippen LogP contribution in [0.15, 0.2) is 24.3 Å². The van der Waals surface area contributed by atoms with Gasteiger partial charge < -0.3 is 4.90 Å². The Balaban J connectivity index is 1.41. The third kappa shape index (κ3) is 8.95. The molecule has 2 nitrogen and oxygen atoms in total. The zero-order chi connectivity index (χ0) is 19.2. The molecule has 1 aromatic rings. The Kier molecular flexibility index (Phi) is 11.2. The second kappa shape index (κ2) is 13.8. The SMILES string of the molecule is CCCCCCCCCCCCCCCC(=O)N1CCc2ccccc2C1. The first-order chi connectivity index (χ1) is 13.3. The predicted octanol–water partition coefficient (Wildman–Crippen LogP) is 7.05. The number of hydrogen-bond donors (Lipinski definition) is 0. The molecule has 0 saturated heterocycles. The Labute approximate surface area is 167 Å². The Bertz CT molecular complexity index is 525. The highest BCUT2D eigenvalue weighted by Gasteiger charge is 2.19. The van der Waals surface area contributed by atoms with Gasteiger partial charge in [-0.2, -0.15) is 0 Å². The molecule has 2 rings (SSSR count). The minimum atomic E-state index is 0.354. The van der Waals surface area contributed by atoms with Crippen molar-refractivity contribution in [3.05, 3.63) is 35.4 Å². The van der Waals surface area contributed by atoms with Crippen molar-refractivity contribution in [2.45, 2.75) is 110 Å². The zero-order valence-electron chi connectivity index (χ0n) is 17.7. The monoisotopic (exact) mass is 371 g/mol. The van der Waals surface area contributed by atoms with Crippen molar-refractivity contribution in [3.8, 4) is 0 Å². The number of amides is 1. The predicted molar refractivity (Wildman–Crippen MR) is 116 cm³/mol. The fraction of sp³-hybridized carbons (Fsp3) is 0.720. The van der Waals surface area contributed by atoms with Gasteiger partial charge in [0, 0.05) is 19.5 Å². The topological polar surface area (TPSA) is 20.3 Å². The molecule has 0 aliphatic carbocycles. The lowest BCUT2D eigenvalue weighted by Crippen LogP contribution is -2.35. The number of carbonyl (C=O) groups excluding carboxylic acids is 1. The van der Waals surface area contributed by atoms with Crippen LogP contribution in [0.3, 0.4) is 0 Å². The van der Waals surface area contributed by atoms with Crippen LogP contribution in [0, 0.1) is 0 Å². The van der Waals surface area contributed by atoms with Gasteiger partial charge in [0.1, 0.15) is 0 Å². The Hall–Kier alpha value is -1.31. The number of nitrogens with zero attached hydrogens (tertiary/aromatic N) is 1. The summed E-state index contributed by atoms with van der Waals surface area (Å²) in [5.41, 5.74) is 2.75. The molecule has 1 aliphatic rings. The average molecular weight is 372 g/mol. The molecule has 1 amide bonds. The number of benzene rings is 1. The van der Waals surface area contributed by atoms with Crippen LogP contribution in [0.2, 0.25) is 0 Å². The first-order valence-corrected chi connectivity index (χ1v) is 11.7. The van der Waals surface area contributed by atoms with Gasteiger partial charge in [0.25, 0.3) is 0 Å². The van der Waals surface area contributed by atoms with Gasteiger partial charge in [-0.1, -0.05) is 108 Å². The van der Waals surface area contributed by atoms with E-state index in [-0.39, 0.29) is 0 Å². The van der Waals surface area contributed by atoms with Crippen molar-refractivity contribution >= 4 is 5.91 Å². The van der Waals surface area contributed by atoms with E-state index in [1.807, 2.05) is 0 Å². The van der Waals surface area contributed by atoms with Crippen LogP contribution in [-0.2, 0) is 17.8 Å². The number of unbranched alkanes of at least 4 members (excludes halogenated alkanes) is 12. The van der Waals surface area contributed by atoms with Gasteiger partial charge in [0.05, 0.1) is 0 Å². The van der Waals surface area contributed by atoms with Crippen LogP contribution in [0.25, 0.3) is 0 Å². The average Bonchev–Trinajstić information content (AvgIpc) is 2.71. The van der Waals surface area contributed by atoms with Crippen LogP contribution in [0.1, 0.15) is 108 Å². The van der Waals surface area contributed by atoms with Crippen molar-refractivity contribution in [1.29, 1.82) is 0 Å². The van der Waals surface area contributed by atoms with Gasteiger partial charge in [-0.05, 0) is 24.0 Å². The summed E-state index contributed by atoms with van der Waals surface area (Å²) in [6.45, 7) is 3.99. The van der Waals surface area contributed by atoms with E-state index in [0.717, 1.165) is 32.4 Å². The molecule has 27 heavy (non-hydrogen) atoms. The molecule has 0 N–H and O–H groups in total. The molecule has 1 heterocycles. The second-order valence-electron chi connectivity index (χ2n) is 8.33. The first-order valence-electron chi connectivity index (χ1n) is 11.7. The van der Waals surface area contributed by atoms with E-state index in [0.29, 0.717) is 5.91 Å². The summed E-state index contributed by atoms with van der Waals surface area (Å²) in [4.78, 5) is 14.5. The fourth-order valence-corrected chi connectivity index (χ4v) is 4.16. The zero-order valence-corrected chi connectivity index (χ0v) is 17.7. The molecule has 1 aromatic carbocycles. The highest BCUT2D eigenvalue weighted by Crippen LogP contribution is 2.20. The van der Waals surface area contributed by atoms with Crippen LogP contribution < -0.4 is 0 Å². The third-order valence-electron chi connectivity index (χ3n) is 5.98. The highest BCUT2D eigenvalue weighted by molar-refractivity contribution is 5.76. The van der Waals surface area contributed by atoms with E-state index < -0.39 is 0 Å². The van der Waals surface area contributed by atoms with Crippen molar-refractivity contribution in [1.82, 2.24) is 4.90 Å². The fourth-order valence-electron chi connectivity index (χ4n) is 4.16. The van der Waals surface area contributed by atoms with Gasteiger partial charge in [0.2, 0.25) is 5.91 Å². The lowest BCUT2D eigenvalue weighted by molar-refractivity contribution is -0.132. The quantitative estimate of drug-likeness (QED) is 0.321. The summed E-state index contributed by atoms with van der Waals surface area (Å²) >= 11 is 0. The van der Waals surface area contributed by atoms with E-state index in [2.05, 4.69) is 36.1 Å². The first kappa shape index (κ1) is 22.0. The molecule has 0 atom stereocenters. The van der Waals surface area contributed by atoms with Crippen molar-refractivity contribution in [2.75, 3.05) is 6.54 Å². The van der Waals surface area contributed by atoms with Crippen LogP contribution in [-0.4, -0.2) is 17.4 Å². The molecule has 0 aromatic heterocycles. The molecule has 2 heteroatoms. The minimum absolute atomic E-state index is 0.354. The lowest BCUT2D eigenvalue weighted by Gasteiger charge is -2.29. The molecule has 1 aliphatic heterocycles. The molecule has 0 fully saturated rings.